The first kappa shape index (κ1) is 26.8. The molecule has 0 aromatic rings. The van der Waals surface area contributed by atoms with Crippen molar-refractivity contribution in [2.45, 2.75) is 71.8 Å². The minimum absolute atomic E-state index is 0.0210. The maximum absolute atomic E-state index is 12.7. The van der Waals surface area contributed by atoms with Gasteiger partial charge in [0.1, 0.15) is 0 Å². The molecular weight excluding hydrogens is 380 g/mol. The van der Waals surface area contributed by atoms with Crippen LogP contribution in [0.3, 0.4) is 0 Å². The molecule has 0 saturated carbocycles. The number of rotatable bonds is 12. The van der Waals surface area contributed by atoms with E-state index in [1.54, 1.807) is 4.90 Å². The van der Waals surface area contributed by atoms with Crippen molar-refractivity contribution in [2.24, 2.45) is 23.5 Å². The summed E-state index contributed by atoms with van der Waals surface area (Å²) in [5, 5.41) is 25.7. The fourth-order valence-corrected chi connectivity index (χ4v) is 3.54. The van der Waals surface area contributed by atoms with Crippen LogP contribution in [0.15, 0.2) is 0 Å². The van der Waals surface area contributed by atoms with Crippen LogP contribution < -0.4 is 5.73 Å². The van der Waals surface area contributed by atoms with E-state index in [0.29, 0.717) is 19.5 Å². The van der Waals surface area contributed by atoms with Crippen molar-refractivity contribution < 1.29 is 34.5 Å². The number of carboxylic acid groups (broad SMARTS) is 3. The summed E-state index contributed by atoms with van der Waals surface area (Å²) in [6.45, 7) is 6.30. The van der Waals surface area contributed by atoms with E-state index >= 15 is 0 Å². The molecule has 29 heavy (non-hydrogen) atoms. The van der Waals surface area contributed by atoms with Crippen molar-refractivity contribution in [1.82, 2.24) is 4.90 Å². The highest BCUT2D eigenvalue weighted by Gasteiger charge is 2.42. The van der Waals surface area contributed by atoms with Crippen LogP contribution in [0.4, 0.5) is 0 Å². The van der Waals surface area contributed by atoms with Crippen LogP contribution in [0.25, 0.3) is 0 Å². The van der Waals surface area contributed by atoms with E-state index in [0.717, 1.165) is 39.0 Å². The summed E-state index contributed by atoms with van der Waals surface area (Å²) in [6, 6.07) is -0.304. The molecule has 1 aliphatic rings. The van der Waals surface area contributed by atoms with E-state index in [-0.39, 0.29) is 30.2 Å². The lowest BCUT2D eigenvalue weighted by molar-refractivity contribution is -0.156. The molecule has 5 N–H and O–H groups in total. The lowest BCUT2D eigenvalue weighted by atomic mass is 9.93. The second kappa shape index (κ2) is 13.9. The predicted molar refractivity (Wildman–Crippen MR) is 107 cm³/mol. The molecule has 1 rings (SSSR count). The standard InChI is InChI=1S/C18H32N2O5.C2H4O2/c1-12(2)11-20-14(10-15(17(22)23)18(24)25)9-13(16(20)21)7-5-3-4-6-8-19;1-2(3)4/h12-15H,3-11,19H2,1-2H3,(H,22,23)(H,24,25);1H3,(H,3,4)/t13-,14+;/m1./s1. The summed E-state index contributed by atoms with van der Waals surface area (Å²) >= 11 is 0. The molecule has 168 valence electrons. The first-order valence-corrected chi connectivity index (χ1v) is 10.2. The maximum Gasteiger partial charge on any atom is 0.317 e. The Kier molecular flexibility index (Phi) is 12.9. The van der Waals surface area contributed by atoms with Crippen molar-refractivity contribution in [3.05, 3.63) is 0 Å². The summed E-state index contributed by atoms with van der Waals surface area (Å²) in [7, 11) is 0. The number of carbonyl (C=O) groups excluding carboxylic acids is 1. The van der Waals surface area contributed by atoms with E-state index in [2.05, 4.69) is 0 Å². The van der Waals surface area contributed by atoms with Crippen molar-refractivity contribution in [2.75, 3.05) is 13.1 Å². The van der Waals surface area contributed by atoms with Gasteiger partial charge in [0, 0.05) is 25.4 Å². The molecule has 0 aromatic carbocycles. The lowest BCUT2D eigenvalue weighted by Crippen LogP contribution is -2.40. The number of nitrogens with two attached hydrogens (primary N) is 1. The Labute approximate surface area is 172 Å². The van der Waals surface area contributed by atoms with Crippen LogP contribution in [0, 0.1) is 17.8 Å². The van der Waals surface area contributed by atoms with E-state index in [1.165, 1.54) is 0 Å². The Morgan fingerprint density at radius 2 is 1.59 bits per heavy atom. The number of unbranched alkanes of at least 4 members (excludes halogenated alkanes) is 3. The fraction of sp³-hybridized carbons (Fsp3) is 0.800. The van der Waals surface area contributed by atoms with Gasteiger partial charge in [-0.05, 0) is 38.1 Å². The van der Waals surface area contributed by atoms with E-state index < -0.39 is 23.8 Å². The molecule has 0 spiro atoms. The van der Waals surface area contributed by atoms with Crippen molar-refractivity contribution >= 4 is 23.8 Å². The zero-order chi connectivity index (χ0) is 22.6. The molecule has 0 radical (unpaired) electrons. The molecule has 9 nitrogen and oxygen atoms in total. The van der Waals surface area contributed by atoms with Gasteiger partial charge in [-0.1, -0.05) is 33.1 Å². The Bertz CT molecular complexity index is 533. The smallest absolute Gasteiger partial charge is 0.317 e. The number of amides is 1. The predicted octanol–water partition coefficient (Wildman–Crippen LogP) is 2.04. The normalized spacial score (nSPS) is 18.7. The van der Waals surface area contributed by atoms with E-state index in [4.69, 9.17) is 25.8 Å². The molecule has 2 atom stereocenters. The third kappa shape index (κ3) is 10.8. The molecule has 0 aliphatic carbocycles. The molecule has 1 saturated heterocycles. The second-order valence-corrected chi connectivity index (χ2v) is 7.95. The third-order valence-corrected chi connectivity index (χ3v) is 4.80. The van der Waals surface area contributed by atoms with Gasteiger partial charge in [0.2, 0.25) is 5.91 Å². The Hall–Kier alpha value is -2.16. The first-order valence-electron chi connectivity index (χ1n) is 10.2. The number of carboxylic acids is 3. The summed E-state index contributed by atoms with van der Waals surface area (Å²) in [5.41, 5.74) is 5.48. The number of carbonyl (C=O) groups is 4. The number of hydrogen-bond donors (Lipinski definition) is 4. The van der Waals surface area contributed by atoms with Crippen LogP contribution >= 0.6 is 0 Å². The van der Waals surface area contributed by atoms with Crippen molar-refractivity contribution in [3.63, 3.8) is 0 Å². The van der Waals surface area contributed by atoms with Crippen molar-refractivity contribution in [3.8, 4) is 0 Å². The highest BCUT2D eigenvalue weighted by molar-refractivity contribution is 5.93. The highest BCUT2D eigenvalue weighted by atomic mass is 16.4. The number of nitrogens with zero attached hydrogens (tertiary/aromatic N) is 1. The Morgan fingerprint density at radius 1 is 1.07 bits per heavy atom. The summed E-state index contributed by atoms with van der Waals surface area (Å²) in [6.07, 6.45) is 5.32. The molecule has 1 fully saturated rings. The zero-order valence-corrected chi connectivity index (χ0v) is 17.7. The number of likely N-dealkylation sites (tertiary alicyclic amines) is 1. The average molecular weight is 417 g/mol. The SMILES string of the molecule is CC(=O)O.CC(C)CN1C(=O)[C@H](CCCCCCN)C[C@H]1CC(C(=O)O)C(=O)O. The van der Waals surface area contributed by atoms with Gasteiger partial charge in [-0.25, -0.2) is 0 Å². The minimum atomic E-state index is -1.46. The summed E-state index contributed by atoms with van der Waals surface area (Å²) in [4.78, 5) is 45.8. The highest BCUT2D eigenvalue weighted by Crippen LogP contribution is 2.33. The molecular formula is C20H36N2O7. The molecule has 0 unspecified atom stereocenters. The molecule has 1 aliphatic heterocycles. The van der Waals surface area contributed by atoms with Gasteiger partial charge in [0.05, 0.1) is 0 Å². The Balaban J connectivity index is 0.00000178. The van der Waals surface area contributed by atoms with E-state index in [1.807, 2.05) is 13.8 Å². The topological polar surface area (TPSA) is 158 Å². The van der Waals surface area contributed by atoms with Crippen LogP contribution in [0.5, 0.6) is 0 Å². The Morgan fingerprint density at radius 3 is 2.03 bits per heavy atom. The lowest BCUT2D eigenvalue weighted by Gasteiger charge is -2.27. The van der Waals surface area contributed by atoms with Gasteiger partial charge in [0.15, 0.2) is 5.92 Å². The molecule has 9 heteroatoms. The van der Waals surface area contributed by atoms with Gasteiger partial charge < -0.3 is 26.0 Å². The van der Waals surface area contributed by atoms with Crippen LogP contribution in [0.1, 0.15) is 65.7 Å². The van der Waals surface area contributed by atoms with Gasteiger partial charge in [-0.3, -0.25) is 19.2 Å². The monoisotopic (exact) mass is 416 g/mol. The number of hydrogen-bond acceptors (Lipinski definition) is 5. The van der Waals surface area contributed by atoms with Crippen LogP contribution in [-0.2, 0) is 19.2 Å². The second-order valence-electron chi connectivity index (χ2n) is 7.95. The van der Waals surface area contributed by atoms with E-state index in [9.17, 15) is 14.4 Å². The maximum atomic E-state index is 12.7. The molecule has 1 amide bonds. The minimum Gasteiger partial charge on any atom is -0.481 e. The van der Waals surface area contributed by atoms with Gasteiger partial charge >= 0.3 is 11.9 Å². The van der Waals surface area contributed by atoms with Gasteiger partial charge in [0.25, 0.3) is 5.97 Å². The van der Waals surface area contributed by atoms with Gasteiger partial charge in [-0.2, -0.15) is 0 Å². The van der Waals surface area contributed by atoms with Gasteiger partial charge in [-0.15, -0.1) is 0 Å². The fourth-order valence-electron chi connectivity index (χ4n) is 3.54. The molecule has 1 heterocycles. The average Bonchev–Trinajstić information content (AvgIpc) is 2.86. The molecule has 0 bridgehead atoms. The van der Waals surface area contributed by atoms with Crippen LogP contribution in [0.2, 0.25) is 0 Å². The van der Waals surface area contributed by atoms with Crippen LogP contribution in [-0.4, -0.2) is 63.2 Å². The third-order valence-electron chi connectivity index (χ3n) is 4.80. The number of aliphatic carboxylic acids is 3. The largest absolute Gasteiger partial charge is 0.481 e. The zero-order valence-electron chi connectivity index (χ0n) is 17.7. The van der Waals surface area contributed by atoms with Crippen molar-refractivity contribution in [1.29, 1.82) is 0 Å². The quantitative estimate of drug-likeness (QED) is 0.278. The first-order chi connectivity index (χ1) is 13.5. The summed E-state index contributed by atoms with van der Waals surface area (Å²) < 4.78 is 0. The molecule has 0 aromatic heterocycles. The summed E-state index contributed by atoms with van der Waals surface area (Å²) in [5.74, 6) is -4.79.